The van der Waals surface area contributed by atoms with Crippen LogP contribution in [0.15, 0.2) is 23.4 Å². The molecule has 1 aromatic heterocycles. The molecule has 1 aromatic carbocycles. The van der Waals surface area contributed by atoms with Crippen LogP contribution in [0.3, 0.4) is 0 Å². The van der Waals surface area contributed by atoms with E-state index >= 15 is 0 Å². The number of H-pyrrole nitrogens is 1. The van der Waals surface area contributed by atoms with E-state index in [9.17, 15) is 0 Å². The molecule has 0 bridgehead atoms. The molecule has 2 N–H and O–H groups in total. The van der Waals surface area contributed by atoms with Crippen molar-refractivity contribution in [2.45, 2.75) is 50.1 Å². The zero-order valence-corrected chi connectivity index (χ0v) is 14.1. The minimum absolute atomic E-state index is 0.476. The van der Waals surface area contributed by atoms with Crippen molar-refractivity contribution in [2.75, 3.05) is 13.7 Å². The van der Waals surface area contributed by atoms with E-state index in [1.54, 1.807) is 18.9 Å². The van der Waals surface area contributed by atoms with Crippen LogP contribution >= 0.6 is 11.8 Å². The highest BCUT2D eigenvalue weighted by molar-refractivity contribution is 7.99. The molecule has 0 amide bonds. The molecule has 21 heavy (non-hydrogen) atoms. The maximum absolute atomic E-state index is 5.25. The predicted molar refractivity (Wildman–Crippen MR) is 90.3 cm³/mol. The molecule has 2 unspecified atom stereocenters. The third kappa shape index (κ3) is 4.14. The first-order valence-corrected chi connectivity index (χ1v) is 8.49. The fourth-order valence-electron chi connectivity index (χ4n) is 2.38. The molecular weight excluding hydrogens is 282 g/mol. The normalized spacial score (nSPS) is 14.3. The van der Waals surface area contributed by atoms with E-state index in [2.05, 4.69) is 36.1 Å². The van der Waals surface area contributed by atoms with Gasteiger partial charge in [0, 0.05) is 17.4 Å². The van der Waals surface area contributed by atoms with Gasteiger partial charge < -0.3 is 15.0 Å². The maximum Gasteiger partial charge on any atom is 0.166 e. The Morgan fingerprint density at radius 2 is 2.19 bits per heavy atom. The second kappa shape index (κ2) is 7.71. The number of benzene rings is 1. The van der Waals surface area contributed by atoms with E-state index in [1.165, 1.54) is 0 Å². The summed E-state index contributed by atoms with van der Waals surface area (Å²) in [5.41, 5.74) is 2.01. The molecule has 2 rings (SSSR count). The molecule has 116 valence electrons. The maximum atomic E-state index is 5.25. The third-order valence-electron chi connectivity index (χ3n) is 3.63. The Hall–Kier alpha value is -1.20. The molecule has 0 fully saturated rings. The standard InChI is InChI=1S/C16H25N3OS/c1-5-9-17-13(6-2)11(3)21-16-18-14-8-7-12(20-4)10-15(14)19-16/h7-8,10-11,13,17H,5-6,9H2,1-4H3,(H,18,19). The highest BCUT2D eigenvalue weighted by Gasteiger charge is 2.17. The van der Waals surface area contributed by atoms with Crippen LogP contribution in [0.25, 0.3) is 11.0 Å². The summed E-state index contributed by atoms with van der Waals surface area (Å²) in [6.07, 6.45) is 2.29. The smallest absolute Gasteiger partial charge is 0.166 e. The first-order chi connectivity index (χ1) is 10.2. The SMILES string of the molecule is CCCNC(CC)C(C)Sc1nc2ccc(OC)cc2[nH]1. The average Bonchev–Trinajstić information content (AvgIpc) is 2.88. The summed E-state index contributed by atoms with van der Waals surface area (Å²) in [7, 11) is 1.68. The van der Waals surface area contributed by atoms with Crippen LogP contribution in [-0.2, 0) is 0 Å². The van der Waals surface area contributed by atoms with Gasteiger partial charge in [-0.2, -0.15) is 0 Å². The number of ether oxygens (including phenoxy) is 1. The highest BCUT2D eigenvalue weighted by atomic mass is 32.2. The molecule has 5 heteroatoms. The number of thioether (sulfide) groups is 1. The lowest BCUT2D eigenvalue weighted by atomic mass is 10.1. The summed E-state index contributed by atoms with van der Waals surface area (Å²) < 4.78 is 5.25. The molecule has 1 heterocycles. The summed E-state index contributed by atoms with van der Waals surface area (Å²) >= 11 is 1.80. The van der Waals surface area contributed by atoms with E-state index in [-0.39, 0.29) is 0 Å². The van der Waals surface area contributed by atoms with E-state index in [0.717, 1.165) is 41.3 Å². The fraction of sp³-hybridized carbons (Fsp3) is 0.562. The Bertz CT molecular complexity index is 570. The number of nitrogens with zero attached hydrogens (tertiary/aromatic N) is 1. The Morgan fingerprint density at radius 3 is 2.86 bits per heavy atom. The number of aromatic amines is 1. The van der Waals surface area contributed by atoms with Crippen LogP contribution in [-0.4, -0.2) is 34.9 Å². The Balaban J connectivity index is 2.07. The van der Waals surface area contributed by atoms with Gasteiger partial charge in [-0.05, 0) is 31.5 Å². The lowest BCUT2D eigenvalue weighted by molar-refractivity contribution is 0.415. The van der Waals surface area contributed by atoms with Crippen molar-refractivity contribution < 1.29 is 4.74 Å². The number of imidazole rings is 1. The molecule has 0 saturated carbocycles. The van der Waals surface area contributed by atoms with Crippen LogP contribution < -0.4 is 10.1 Å². The molecule has 0 aliphatic rings. The van der Waals surface area contributed by atoms with Gasteiger partial charge in [-0.15, -0.1) is 0 Å². The van der Waals surface area contributed by atoms with Gasteiger partial charge >= 0.3 is 0 Å². The summed E-state index contributed by atoms with van der Waals surface area (Å²) in [6.45, 7) is 7.76. The van der Waals surface area contributed by atoms with E-state index in [4.69, 9.17) is 4.74 Å². The van der Waals surface area contributed by atoms with Gasteiger partial charge in [-0.3, -0.25) is 0 Å². The number of aromatic nitrogens is 2. The number of rotatable bonds is 8. The minimum Gasteiger partial charge on any atom is -0.497 e. The summed E-state index contributed by atoms with van der Waals surface area (Å²) in [5, 5.41) is 5.06. The Labute approximate surface area is 131 Å². The number of fused-ring (bicyclic) bond motifs is 1. The molecule has 4 nitrogen and oxygen atoms in total. The first-order valence-electron chi connectivity index (χ1n) is 7.61. The second-order valence-electron chi connectivity index (χ2n) is 5.22. The Kier molecular flexibility index (Phi) is 5.94. The molecule has 2 atom stereocenters. The zero-order valence-electron chi connectivity index (χ0n) is 13.3. The number of methoxy groups -OCH3 is 1. The van der Waals surface area contributed by atoms with Crippen molar-refractivity contribution in [1.82, 2.24) is 15.3 Å². The van der Waals surface area contributed by atoms with E-state index in [0.29, 0.717) is 11.3 Å². The van der Waals surface area contributed by atoms with Crippen molar-refractivity contribution in [1.29, 1.82) is 0 Å². The summed E-state index contributed by atoms with van der Waals surface area (Å²) in [4.78, 5) is 8.03. The monoisotopic (exact) mass is 307 g/mol. The lowest BCUT2D eigenvalue weighted by Crippen LogP contribution is -2.36. The van der Waals surface area contributed by atoms with Gasteiger partial charge in [0.1, 0.15) is 5.75 Å². The number of hydrogen-bond donors (Lipinski definition) is 2. The quantitative estimate of drug-likeness (QED) is 0.728. The molecular formula is C16H25N3OS. The van der Waals surface area contributed by atoms with Crippen molar-refractivity contribution in [3.63, 3.8) is 0 Å². The van der Waals surface area contributed by atoms with Gasteiger partial charge in [-0.1, -0.05) is 32.5 Å². The van der Waals surface area contributed by atoms with Gasteiger partial charge in [0.25, 0.3) is 0 Å². The van der Waals surface area contributed by atoms with Gasteiger partial charge in [0.2, 0.25) is 0 Å². The molecule has 0 aliphatic carbocycles. The van der Waals surface area contributed by atoms with Crippen LogP contribution in [0.5, 0.6) is 5.75 Å². The zero-order chi connectivity index (χ0) is 15.2. The number of hydrogen-bond acceptors (Lipinski definition) is 4. The molecule has 0 spiro atoms. The van der Waals surface area contributed by atoms with Crippen LogP contribution in [0.1, 0.15) is 33.6 Å². The largest absolute Gasteiger partial charge is 0.497 e. The van der Waals surface area contributed by atoms with Crippen LogP contribution in [0.4, 0.5) is 0 Å². The third-order valence-corrected chi connectivity index (χ3v) is 4.74. The first kappa shape index (κ1) is 16.2. The van der Waals surface area contributed by atoms with E-state index in [1.807, 2.05) is 18.2 Å². The Morgan fingerprint density at radius 1 is 1.38 bits per heavy atom. The van der Waals surface area contributed by atoms with Gasteiger partial charge in [0.15, 0.2) is 5.16 Å². The molecule has 0 aliphatic heterocycles. The highest BCUT2D eigenvalue weighted by Crippen LogP contribution is 2.27. The fourth-order valence-corrected chi connectivity index (χ4v) is 3.50. The van der Waals surface area contributed by atoms with Crippen LogP contribution in [0, 0.1) is 0 Å². The lowest BCUT2D eigenvalue weighted by Gasteiger charge is -2.22. The minimum atomic E-state index is 0.476. The van der Waals surface area contributed by atoms with Crippen molar-refractivity contribution >= 4 is 22.8 Å². The van der Waals surface area contributed by atoms with Crippen molar-refractivity contribution in [3.8, 4) is 5.75 Å². The summed E-state index contributed by atoms with van der Waals surface area (Å²) in [6, 6.07) is 6.44. The molecule has 0 radical (unpaired) electrons. The molecule has 2 aromatic rings. The second-order valence-corrected chi connectivity index (χ2v) is 6.58. The van der Waals surface area contributed by atoms with Crippen molar-refractivity contribution in [3.05, 3.63) is 18.2 Å². The topological polar surface area (TPSA) is 49.9 Å². The summed E-state index contributed by atoms with van der Waals surface area (Å²) in [5.74, 6) is 0.854. The van der Waals surface area contributed by atoms with Crippen molar-refractivity contribution in [2.24, 2.45) is 0 Å². The van der Waals surface area contributed by atoms with Gasteiger partial charge in [-0.25, -0.2) is 4.98 Å². The van der Waals surface area contributed by atoms with E-state index < -0.39 is 0 Å². The predicted octanol–water partition coefficient (Wildman–Crippen LogP) is 3.83. The van der Waals surface area contributed by atoms with Gasteiger partial charge in [0.05, 0.1) is 18.1 Å². The average molecular weight is 307 g/mol. The van der Waals surface area contributed by atoms with Crippen LogP contribution in [0.2, 0.25) is 0 Å². The number of nitrogens with one attached hydrogen (secondary N) is 2. The molecule has 0 saturated heterocycles.